The average Bonchev–Trinajstić information content (AvgIpc) is 3.26. The molecule has 1 fully saturated rings. The summed E-state index contributed by atoms with van der Waals surface area (Å²) < 4.78 is 10.5. The molecule has 2 aromatic rings. The minimum absolute atomic E-state index is 0.0560. The number of rotatable bonds is 5. The number of hydrogen-bond donors (Lipinski definition) is 1. The summed E-state index contributed by atoms with van der Waals surface area (Å²) in [5, 5.41) is 15.9. The van der Waals surface area contributed by atoms with Crippen LogP contribution in [0.4, 0.5) is 0 Å². The highest BCUT2D eigenvalue weighted by atomic mass is 32.1. The van der Waals surface area contributed by atoms with Crippen LogP contribution in [0.2, 0.25) is 0 Å². The molecule has 0 saturated carbocycles. The molecule has 0 aromatic carbocycles. The molecule has 0 aliphatic carbocycles. The Morgan fingerprint density at radius 3 is 3.13 bits per heavy atom. The number of carbonyl (C=O) groups is 1. The average molecular weight is 336 g/mol. The van der Waals surface area contributed by atoms with E-state index >= 15 is 0 Å². The van der Waals surface area contributed by atoms with Crippen molar-refractivity contribution in [2.24, 2.45) is 0 Å². The molecule has 1 N–H and O–H groups in total. The largest absolute Gasteiger partial charge is 0.385 e. The maximum Gasteiger partial charge on any atom is 0.260 e. The third-order valence-electron chi connectivity index (χ3n) is 4.06. The Morgan fingerprint density at radius 1 is 1.65 bits per heavy atom. The molecule has 0 bridgehead atoms. The maximum atomic E-state index is 13.1. The van der Waals surface area contributed by atoms with Crippen molar-refractivity contribution in [3.05, 3.63) is 28.8 Å². The highest BCUT2D eigenvalue weighted by molar-refractivity contribution is 7.13. The molecule has 23 heavy (non-hydrogen) atoms. The first-order valence-corrected chi connectivity index (χ1v) is 8.52. The zero-order valence-corrected chi connectivity index (χ0v) is 14.0. The standard InChI is InChI=1S/C16H20N2O4S/c1-10(19)15-13(14(17-22-15)12-6-4-8-23-12)16(20)18-7-3-5-11(18)9-21-2/h4,6,8,10-11,19H,3,5,7,9H2,1-2H3. The van der Waals surface area contributed by atoms with Gasteiger partial charge in [0.1, 0.15) is 17.4 Å². The number of methoxy groups -OCH3 is 1. The first-order valence-electron chi connectivity index (χ1n) is 7.65. The van der Waals surface area contributed by atoms with Crippen LogP contribution in [-0.2, 0) is 4.74 Å². The van der Waals surface area contributed by atoms with Gasteiger partial charge in [-0.1, -0.05) is 11.2 Å². The van der Waals surface area contributed by atoms with Crippen molar-refractivity contribution in [1.29, 1.82) is 0 Å². The minimum Gasteiger partial charge on any atom is -0.385 e. The van der Waals surface area contributed by atoms with E-state index in [1.807, 2.05) is 17.5 Å². The van der Waals surface area contributed by atoms with Gasteiger partial charge in [0.15, 0.2) is 5.76 Å². The number of hydrogen-bond acceptors (Lipinski definition) is 6. The highest BCUT2D eigenvalue weighted by Crippen LogP contribution is 2.34. The fourth-order valence-electron chi connectivity index (χ4n) is 2.99. The van der Waals surface area contributed by atoms with Crippen LogP contribution in [0, 0.1) is 0 Å². The van der Waals surface area contributed by atoms with Crippen molar-refractivity contribution in [2.75, 3.05) is 20.3 Å². The van der Waals surface area contributed by atoms with Crippen molar-refractivity contribution in [1.82, 2.24) is 10.1 Å². The quantitative estimate of drug-likeness (QED) is 0.908. The van der Waals surface area contributed by atoms with Crippen LogP contribution in [0.1, 0.15) is 42.0 Å². The predicted molar refractivity (Wildman–Crippen MR) is 86.4 cm³/mol. The molecular weight excluding hydrogens is 316 g/mol. The van der Waals surface area contributed by atoms with Gasteiger partial charge in [0.25, 0.3) is 5.91 Å². The molecule has 6 nitrogen and oxygen atoms in total. The van der Waals surface area contributed by atoms with Gasteiger partial charge >= 0.3 is 0 Å². The van der Waals surface area contributed by atoms with E-state index in [1.54, 1.807) is 18.9 Å². The number of carbonyl (C=O) groups excluding carboxylic acids is 1. The van der Waals surface area contributed by atoms with E-state index in [9.17, 15) is 9.90 Å². The van der Waals surface area contributed by atoms with E-state index in [1.165, 1.54) is 11.3 Å². The summed E-state index contributed by atoms with van der Waals surface area (Å²) in [4.78, 5) is 15.8. The number of thiophene rings is 1. The summed E-state index contributed by atoms with van der Waals surface area (Å²) in [5.74, 6) is 0.0755. The highest BCUT2D eigenvalue weighted by Gasteiger charge is 2.35. The normalized spacial score (nSPS) is 19.3. The van der Waals surface area contributed by atoms with Gasteiger partial charge in [-0.2, -0.15) is 0 Å². The molecule has 7 heteroatoms. The fourth-order valence-corrected chi connectivity index (χ4v) is 3.70. The van der Waals surface area contributed by atoms with E-state index < -0.39 is 6.10 Å². The number of aliphatic hydroxyl groups excluding tert-OH is 1. The van der Waals surface area contributed by atoms with Gasteiger partial charge in [0.05, 0.1) is 17.5 Å². The summed E-state index contributed by atoms with van der Waals surface area (Å²) in [5.41, 5.74) is 0.870. The van der Waals surface area contributed by atoms with Crippen molar-refractivity contribution in [3.8, 4) is 10.6 Å². The Morgan fingerprint density at radius 2 is 2.48 bits per heavy atom. The SMILES string of the molecule is COCC1CCCN1C(=O)c1c(-c2cccs2)noc1C(C)O. The van der Waals surface area contributed by atoms with Gasteiger partial charge < -0.3 is 19.3 Å². The van der Waals surface area contributed by atoms with Crippen LogP contribution < -0.4 is 0 Å². The second-order valence-electron chi connectivity index (χ2n) is 5.67. The zero-order valence-electron chi connectivity index (χ0n) is 13.2. The Hall–Kier alpha value is -1.70. The van der Waals surface area contributed by atoms with Crippen molar-refractivity contribution >= 4 is 17.2 Å². The number of ether oxygens (including phenoxy) is 1. The summed E-state index contributed by atoms with van der Waals surface area (Å²) in [6.45, 7) is 2.77. The second-order valence-corrected chi connectivity index (χ2v) is 6.62. The number of amides is 1. The van der Waals surface area contributed by atoms with Crippen LogP contribution in [0.25, 0.3) is 10.6 Å². The molecule has 3 heterocycles. The van der Waals surface area contributed by atoms with Crippen molar-refractivity contribution < 1.29 is 19.2 Å². The lowest BCUT2D eigenvalue weighted by atomic mass is 10.1. The molecule has 0 radical (unpaired) electrons. The first kappa shape index (κ1) is 16.2. The van der Waals surface area contributed by atoms with Gasteiger partial charge in [-0.05, 0) is 31.2 Å². The van der Waals surface area contributed by atoms with Crippen molar-refractivity contribution in [3.63, 3.8) is 0 Å². The van der Waals surface area contributed by atoms with E-state index in [-0.39, 0.29) is 17.7 Å². The van der Waals surface area contributed by atoms with Crippen LogP contribution >= 0.6 is 11.3 Å². The second kappa shape index (κ2) is 6.82. The molecule has 1 aliphatic heterocycles. The number of likely N-dealkylation sites (tertiary alicyclic amines) is 1. The predicted octanol–water partition coefficient (Wildman–Crippen LogP) is 2.71. The lowest BCUT2D eigenvalue weighted by Gasteiger charge is -2.24. The van der Waals surface area contributed by atoms with Gasteiger partial charge in [0.2, 0.25) is 0 Å². The molecule has 1 aliphatic rings. The minimum atomic E-state index is -0.890. The number of nitrogens with zero attached hydrogens (tertiary/aromatic N) is 2. The Kier molecular flexibility index (Phi) is 4.79. The number of aliphatic hydroxyl groups is 1. The van der Waals surface area contributed by atoms with Gasteiger partial charge in [-0.25, -0.2) is 0 Å². The zero-order chi connectivity index (χ0) is 16.4. The summed E-state index contributed by atoms with van der Waals surface area (Å²) in [6.07, 6.45) is 0.978. The monoisotopic (exact) mass is 336 g/mol. The van der Waals surface area contributed by atoms with Crippen LogP contribution in [0.5, 0.6) is 0 Å². The van der Waals surface area contributed by atoms with Crippen LogP contribution in [0.3, 0.4) is 0 Å². The molecule has 124 valence electrons. The molecule has 1 amide bonds. The van der Waals surface area contributed by atoms with Gasteiger partial charge in [0, 0.05) is 13.7 Å². The molecule has 2 aromatic heterocycles. The Balaban J connectivity index is 2.00. The summed E-state index contributed by atoms with van der Waals surface area (Å²) in [7, 11) is 1.64. The van der Waals surface area contributed by atoms with Gasteiger partial charge in [-0.15, -0.1) is 11.3 Å². The molecule has 0 spiro atoms. The lowest BCUT2D eigenvalue weighted by Crippen LogP contribution is -2.38. The van der Waals surface area contributed by atoms with E-state index in [2.05, 4.69) is 5.16 Å². The molecule has 3 rings (SSSR count). The smallest absolute Gasteiger partial charge is 0.260 e. The molecular formula is C16H20N2O4S. The van der Waals surface area contributed by atoms with Gasteiger partial charge in [-0.3, -0.25) is 4.79 Å². The van der Waals surface area contributed by atoms with Crippen LogP contribution in [-0.4, -0.2) is 47.4 Å². The van der Waals surface area contributed by atoms with Crippen LogP contribution in [0.15, 0.2) is 22.0 Å². The Bertz CT molecular complexity index is 666. The molecule has 2 unspecified atom stereocenters. The van der Waals surface area contributed by atoms with E-state index in [0.29, 0.717) is 24.4 Å². The number of aromatic nitrogens is 1. The van der Waals surface area contributed by atoms with E-state index in [4.69, 9.17) is 9.26 Å². The summed E-state index contributed by atoms with van der Waals surface area (Å²) in [6, 6.07) is 3.84. The Labute approximate surface area is 138 Å². The lowest BCUT2D eigenvalue weighted by molar-refractivity contribution is 0.0621. The first-order chi connectivity index (χ1) is 11.1. The molecule has 2 atom stereocenters. The fraction of sp³-hybridized carbons (Fsp3) is 0.500. The topological polar surface area (TPSA) is 75.8 Å². The third kappa shape index (κ3) is 3.04. The van der Waals surface area contributed by atoms with E-state index in [0.717, 1.165) is 17.7 Å². The molecule has 1 saturated heterocycles. The van der Waals surface area contributed by atoms with Crippen molar-refractivity contribution in [2.45, 2.75) is 31.9 Å². The maximum absolute atomic E-state index is 13.1. The summed E-state index contributed by atoms with van der Waals surface area (Å²) >= 11 is 1.49. The third-order valence-corrected chi connectivity index (χ3v) is 4.94.